The molecule has 0 radical (unpaired) electrons. The first-order valence-electron chi connectivity index (χ1n) is 11.5. The van der Waals surface area contributed by atoms with Gasteiger partial charge in [0.1, 0.15) is 17.9 Å². The lowest BCUT2D eigenvalue weighted by molar-refractivity contribution is -0.384. The number of non-ortho nitro benzene ring substituents is 1. The summed E-state index contributed by atoms with van der Waals surface area (Å²) in [7, 11) is 0. The fourth-order valence-corrected chi connectivity index (χ4v) is 4.02. The van der Waals surface area contributed by atoms with Crippen molar-refractivity contribution in [2.45, 2.75) is 20.0 Å². The Morgan fingerprint density at radius 1 is 1.11 bits per heavy atom. The van der Waals surface area contributed by atoms with Crippen molar-refractivity contribution in [2.24, 2.45) is 0 Å². The zero-order chi connectivity index (χ0) is 27.4. The Balaban J connectivity index is 1.61. The summed E-state index contributed by atoms with van der Waals surface area (Å²) in [4.78, 5) is 49.7. The standard InChI is InChI=1S/C28H22ClN3O6/c1-3-5-20-12-18(9-11-25(20)38-16-19-6-4-7-22(13-19)32(36)37)14-23-26(33)30-28(35)31(27(23)34)21-10-8-17(2)24(29)15-21/h3-4,6-15H,1,5,16H2,2H3,(H,30,33,35)/b23-14-. The van der Waals surface area contributed by atoms with E-state index in [9.17, 15) is 24.5 Å². The minimum absolute atomic E-state index is 0.0322. The van der Waals surface area contributed by atoms with Crippen LogP contribution in [0.2, 0.25) is 5.02 Å². The van der Waals surface area contributed by atoms with E-state index < -0.39 is 22.8 Å². The molecule has 0 aliphatic carbocycles. The van der Waals surface area contributed by atoms with Gasteiger partial charge in [-0.3, -0.25) is 25.0 Å². The number of imide groups is 2. The van der Waals surface area contributed by atoms with Crippen molar-refractivity contribution >= 4 is 46.9 Å². The van der Waals surface area contributed by atoms with Gasteiger partial charge in [0.2, 0.25) is 0 Å². The molecule has 0 saturated carbocycles. The number of rotatable bonds is 8. The minimum Gasteiger partial charge on any atom is -0.489 e. The van der Waals surface area contributed by atoms with E-state index in [4.69, 9.17) is 16.3 Å². The van der Waals surface area contributed by atoms with Crippen LogP contribution in [0.1, 0.15) is 22.3 Å². The van der Waals surface area contributed by atoms with Gasteiger partial charge >= 0.3 is 6.03 Å². The van der Waals surface area contributed by atoms with Crippen LogP contribution in [0.4, 0.5) is 16.2 Å². The zero-order valence-electron chi connectivity index (χ0n) is 20.3. The molecule has 1 saturated heterocycles. The molecule has 0 spiro atoms. The second-order valence-corrected chi connectivity index (χ2v) is 8.87. The van der Waals surface area contributed by atoms with Gasteiger partial charge in [0.05, 0.1) is 10.6 Å². The number of nitro benzene ring substituents is 1. The number of benzene rings is 3. The van der Waals surface area contributed by atoms with Gasteiger partial charge in [-0.25, -0.2) is 9.69 Å². The zero-order valence-corrected chi connectivity index (χ0v) is 21.0. The number of ether oxygens (including phenoxy) is 1. The fraction of sp³-hybridized carbons (Fsp3) is 0.107. The predicted octanol–water partition coefficient (Wildman–Crippen LogP) is 5.53. The third-order valence-electron chi connectivity index (χ3n) is 5.79. The van der Waals surface area contributed by atoms with Gasteiger partial charge in [-0.05, 0) is 65.9 Å². The first kappa shape index (κ1) is 26.3. The Bertz CT molecular complexity index is 1510. The maximum atomic E-state index is 13.2. The number of hydrogen-bond donors (Lipinski definition) is 1. The molecule has 0 atom stereocenters. The summed E-state index contributed by atoms with van der Waals surface area (Å²) in [5, 5.41) is 13.6. The van der Waals surface area contributed by atoms with Crippen LogP contribution in [0.15, 0.2) is 78.9 Å². The second-order valence-electron chi connectivity index (χ2n) is 8.47. The number of amides is 4. The molecule has 3 aromatic carbocycles. The lowest BCUT2D eigenvalue weighted by Gasteiger charge is -2.26. The third kappa shape index (κ3) is 5.63. The number of hydrogen-bond acceptors (Lipinski definition) is 6. The van der Waals surface area contributed by atoms with Gasteiger partial charge in [-0.2, -0.15) is 0 Å². The van der Waals surface area contributed by atoms with Crippen molar-refractivity contribution in [1.29, 1.82) is 0 Å². The van der Waals surface area contributed by atoms with Gasteiger partial charge in [-0.1, -0.05) is 41.9 Å². The van der Waals surface area contributed by atoms with Gasteiger partial charge in [-0.15, -0.1) is 6.58 Å². The van der Waals surface area contributed by atoms with E-state index in [1.54, 1.807) is 55.5 Å². The SMILES string of the molecule is C=CCc1cc(/C=C2/C(=O)NC(=O)N(c3ccc(C)c(Cl)c3)C2=O)ccc1OCc1cccc([N+](=O)[O-])c1. The van der Waals surface area contributed by atoms with Crippen LogP contribution in [0.25, 0.3) is 6.08 Å². The maximum Gasteiger partial charge on any atom is 0.335 e. The summed E-state index contributed by atoms with van der Waals surface area (Å²) < 4.78 is 5.90. The molecule has 4 amide bonds. The minimum atomic E-state index is -0.866. The van der Waals surface area contributed by atoms with Gasteiger partial charge in [0.15, 0.2) is 0 Å². The lowest BCUT2D eigenvalue weighted by atomic mass is 10.0. The van der Waals surface area contributed by atoms with Crippen LogP contribution in [-0.2, 0) is 22.6 Å². The van der Waals surface area contributed by atoms with E-state index in [0.29, 0.717) is 28.3 Å². The molecule has 38 heavy (non-hydrogen) atoms. The van der Waals surface area contributed by atoms with Crippen LogP contribution in [0.5, 0.6) is 5.75 Å². The van der Waals surface area contributed by atoms with E-state index in [2.05, 4.69) is 11.9 Å². The first-order chi connectivity index (χ1) is 18.2. The average molecular weight is 532 g/mol. The highest BCUT2D eigenvalue weighted by Crippen LogP contribution is 2.28. The lowest BCUT2D eigenvalue weighted by Crippen LogP contribution is -2.54. The summed E-state index contributed by atoms with van der Waals surface area (Å²) in [6.45, 7) is 5.65. The largest absolute Gasteiger partial charge is 0.489 e. The molecule has 1 aliphatic heterocycles. The van der Waals surface area contributed by atoms with E-state index in [0.717, 1.165) is 16.0 Å². The molecule has 9 nitrogen and oxygen atoms in total. The normalized spacial score (nSPS) is 14.4. The topological polar surface area (TPSA) is 119 Å². The van der Waals surface area contributed by atoms with Crippen molar-refractivity contribution in [3.63, 3.8) is 0 Å². The number of halogens is 1. The van der Waals surface area contributed by atoms with Crippen molar-refractivity contribution in [2.75, 3.05) is 4.90 Å². The Labute approximate surface area is 223 Å². The van der Waals surface area contributed by atoms with E-state index >= 15 is 0 Å². The highest BCUT2D eigenvalue weighted by atomic mass is 35.5. The van der Waals surface area contributed by atoms with Gasteiger partial charge in [0.25, 0.3) is 17.5 Å². The number of anilines is 1. The van der Waals surface area contributed by atoms with Crippen LogP contribution in [0.3, 0.4) is 0 Å². The van der Waals surface area contributed by atoms with Gasteiger partial charge in [0, 0.05) is 17.2 Å². The van der Waals surface area contributed by atoms with Crippen LogP contribution < -0.4 is 15.0 Å². The van der Waals surface area contributed by atoms with Crippen LogP contribution in [0, 0.1) is 17.0 Å². The monoisotopic (exact) mass is 531 g/mol. The molecule has 0 bridgehead atoms. The molecular formula is C28H22ClN3O6. The highest BCUT2D eigenvalue weighted by Gasteiger charge is 2.37. The number of urea groups is 1. The molecule has 0 aromatic heterocycles. The molecule has 192 valence electrons. The molecule has 10 heteroatoms. The van der Waals surface area contributed by atoms with Crippen LogP contribution >= 0.6 is 11.6 Å². The van der Waals surface area contributed by atoms with E-state index in [1.165, 1.54) is 24.3 Å². The molecule has 1 N–H and O–H groups in total. The number of nitro groups is 1. The first-order valence-corrected chi connectivity index (χ1v) is 11.8. The van der Waals surface area contributed by atoms with Crippen molar-refractivity contribution in [1.82, 2.24) is 5.32 Å². The molecular weight excluding hydrogens is 510 g/mol. The van der Waals surface area contributed by atoms with Crippen LogP contribution in [-0.4, -0.2) is 22.8 Å². The summed E-state index contributed by atoms with van der Waals surface area (Å²) in [5.41, 5.74) is 2.63. The molecule has 4 rings (SSSR count). The number of nitrogens with one attached hydrogen (secondary N) is 1. The fourth-order valence-electron chi connectivity index (χ4n) is 3.85. The Hall–Kier alpha value is -4.76. The summed E-state index contributed by atoms with van der Waals surface area (Å²) >= 11 is 6.17. The molecule has 3 aromatic rings. The van der Waals surface area contributed by atoms with Crippen molar-refractivity contribution < 1.29 is 24.0 Å². The number of carbonyl (C=O) groups is 3. The van der Waals surface area contributed by atoms with Crippen molar-refractivity contribution in [3.05, 3.63) is 116 Å². The Morgan fingerprint density at radius 3 is 2.61 bits per heavy atom. The number of allylic oxidation sites excluding steroid dienone is 1. The number of carbonyl (C=O) groups excluding carboxylic acids is 3. The third-order valence-corrected chi connectivity index (χ3v) is 6.20. The Morgan fingerprint density at radius 2 is 1.89 bits per heavy atom. The van der Waals surface area contributed by atoms with Gasteiger partial charge < -0.3 is 4.74 Å². The van der Waals surface area contributed by atoms with E-state index in [-0.39, 0.29) is 23.6 Å². The summed E-state index contributed by atoms with van der Waals surface area (Å²) in [5.74, 6) is -1.08. The quantitative estimate of drug-likeness (QED) is 0.134. The van der Waals surface area contributed by atoms with Crippen molar-refractivity contribution in [3.8, 4) is 5.75 Å². The number of barbiturate groups is 1. The number of nitrogens with zero attached hydrogens (tertiary/aromatic N) is 2. The highest BCUT2D eigenvalue weighted by molar-refractivity contribution is 6.39. The predicted molar refractivity (Wildman–Crippen MR) is 143 cm³/mol. The smallest absolute Gasteiger partial charge is 0.335 e. The van der Waals surface area contributed by atoms with E-state index in [1.807, 2.05) is 0 Å². The molecule has 1 heterocycles. The second kappa shape index (κ2) is 11.1. The summed E-state index contributed by atoms with van der Waals surface area (Å²) in [6.07, 6.45) is 3.49. The molecule has 0 unspecified atom stereocenters. The maximum absolute atomic E-state index is 13.2. The average Bonchev–Trinajstić information content (AvgIpc) is 2.88. The molecule has 1 aliphatic rings. The number of aryl methyl sites for hydroxylation is 1. The molecule has 1 fully saturated rings. The summed E-state index contributed by atoms with van der Waals surface area (Å²) in [6, 6.07) is 15.1. The Kier molecular flexibility index (Phi) is 7.68.